The van der Waals surface area contributed by atoms with Crippen LogP contribution in [-0.4, -0.2) is 15.6 Å². The summed E-state index contributed by atoms with van der Waals surface area (Å²) in [4.78, 5) is 23.5. The molecular weight excluding hydrogens is 381 g/mol. The van der Waals surface area contributed by atoms with Gasteiger partial charge in [-0.2, -0.15) is 13.2 Å². The van der Waals surface area contributed by atoms with E-state index in [-0.39, 0.29) is 5.11 Å². The summed E-state index contributed by atoms with van der Waals surface area (Å²) in [5.41, 5.74) is 5.71. The maximum Gasteiger partial charge on any atom is 0.417 e. The Morgan fingerprint density at radius 3 is 2.52 bits per heavy atom. The Balaban J connectivity index is 1.95. The fraction of sp³-hybridized carbons (Fsp3) is 0.235. The third-order valence-electron chi connectivity index (χ3n) is 3.79. The van der Waals surface area contributed by atoms with Crippen molar-refractivity contribution in [3.8, 4) is 0 Å². The number of anilines is 1. The molecule has 0 radical (unpaired) electrons. The molecule has 0 bridgehead atoms. The maximum absolute atomic E-state index is 12.7. The van der Waals surface area contributed by atoms with Crippen LogP contribution in [0.4, 0.5) is 18.9 Å². The van der Waals surface area contributed by atoms with E-state index in [4.69, 9.17) is 12.2 Å². The molecule has 1 heterocycles. The van der Waals surface area contributed by atoms with Crippen LogP contribution in [0.5, 0.6) is 0 Å². The number of nitrogens with zero attached hydrogens (tertiary/aromatic N) is 1. The standard InChI is InChI=1S/C17H17F3N4O2S/c1-10-4-3-5-13(11(10)2)21-16(27)23-22-14(25)9-24-8-12(17(18,19)20)6-7-15(24)26/h3-8H,9H2,1-2H3,(H,22,25)(H2,21,23,27). The second kappa shape index (κ2) is 8.21. The number of benzene rings is 1. The fourth-order valence-corrected chi connectivity index (χ4v) is 2.34. The third-order valence-corrected chi connectivity index (χ3v) is 4.00. The SMILES string of the molecule is Cc1cccc(NC(=S)NNC(=O)Cn2cc(C(F)(F)F)ccc2=O)c1C. The van der Waals surface area contributed by atoms with E-state index in [0.717, 1.165) is 22.9 Å². The predicted molar refractivity (Wildman–Crippen MR) is 99.1 cm³/mol. The van der Waals surface area contributed by atoms with Gasteiger partial charge in [-0.3, -0.25) is 20.4 Å². The zero-order chi connectivity index (χ0) is 20.2. The zero-order valence-corrected chi connectivity index (χ0v) is 15.3. The normalized spacial score (nSPS) is 11.0. The average molecular weight is 398 g/mol. The molecule has 144 valence electrons. The van der Waals surface area contributed by atoms with Crippen LogP contribution in [0.25, 0.3) is 0 Å². The van der Waals surface area contributed by atoms with Crippen LogP contribution in [0.15, 0.2) is 41.3 Å². The maximum atomic E-state index is 12.7. The number of halogens is 3. The lowest BCUT2D eigenvalue weighted by atomic mass is 10.1. The summed E-state index contributed by atoms with van der Waals surface area (Å²) in [7, 11) is 0. The first-order valence-corrected chi connectivity index (χ1v) is 8.18. The molecule has 6 nitrogen and oxygen atoms in total. The number of aryl methyl sites for hydroxylation is 1. The van der Waals surface area contributed by atoms with E-state index < -0.39 is 29.8 Å². The van der Waals surface area contributed by atoms with Gasteiger partial charge in [-0.1, -0.05) is 12.1 Å². The van der Waals surface area contributed by atoms with Crippen LogP contribution in [0.2, 0.25) is 0 Å². The molecule has 2 rings (SSSR count). The summed E-state index contributed by atoms with van der Waals surface area (Å²) in [5.74, 6) is -0.735. The number of rotatable bonds is 3. The molecule has 0 spiro atoms. The molecule has 1 amide bonds. The second-order valence-electron chi connectivity index (χ2n) is 5.76. The lowest BCUT2D eigenvalue weighted by Crippen LogP contribution is -2.46. The van der Waals surface area contributed by atoms with Gasteiger partial charge >= 0.3 is 6.18 Å². The summed E-state index contributed by atoms with van der Waals surface area (Å²) in [6, 6.07) is 7.01. The highest BCUT2D eigenvalue weighted by Crippen LogP contribution is 2.27. The molecule has 0 aliphatic heterocycles. The van der Waals surface area contributed by atoms with E-state index in [0.29, 0.717) is 16.8 Å². The van der Waals surface area contributed by atoms with E-state index in [1.165, 1.54) is 0 Å². The molecular formula is C17H17F3N4O2S. The van der Waals surface area contributed by atoms with Gasteiger partial charge in [0.1, 0.15) is 6.54 Å². The van der Waals surface area contributed by atoms with Crippen molar-refractivity contribution in [2.45, 2.75) is 26.6 Å². The molecule has 3 N–H and O–H groups in total. The second-order valence-corrected chi connectivity index (χ2v) is 6.16. The summed E-state index contributed by atoms with van der Waals surface area (Å²) in [5, 5.41) is 2.99. The number of carbonyl (C=O) groups excluding carboxylic acids is 1. The number of hydrazine groups is 1. The van der Waals surface area contributed by atoms with Gasteiger partial charge < -0.3 is 9.88 Å². The molecule has 0 aliphatic rings. The summed E-state index contributed by atoms with van der Waals surface area (Å²) < 4.78 is 38.8. The van der Waals surface area contributed by atoms with E-state index in [1.807, 2.05) is 26.0 Å². The Bertz CT molecular complexity index is 925. The quantitative estimate of drug-likeness (QED) is 0.547. The smallest absolute Gasteiger partial charge is 0.331 e. The van der Waals surface area contributed by atoms with Gasteiger partial charge in [0.05, 0.1) is 5.56 Å². The minimum absolute atomic E-state index is 0.0911. The van der Waals surface area contributed by atoms with Gasteiger partial charge in [0.2, 0.25) is 0 Å². The molecule has 0 saturated carbocycles. The molecule has 1 aromatic heterocycles. The number of nitrogens with one attached hydrogen (secondary N) is 3. The van der Waals surface area contributed by atoms with Gasteiger partial charge in [0.25, 0.3) is 11.5 Å². The molecule has 0 fully saturated rings. The van der Waals surface area contributed by atoms with Crippen LogP contribution < -0.4 is 21.7 Å². The number of amides is 1. The van der Waals surface area contributed by atoms with Crippen molar-refractivity contribution in [2.24, 2.45) is 0 Å². The largest absolute Gasteiger partial charge is 0.417 e. The predicted octanol–water partition coefficient (Wildman–Crippen LogP) is 2.50. The van der Waals surface area contributed by atoms with Gasteiger partial charge in [0, 0.05) is 18.0 Å². The van der Waals surface area contributed by atoms with Crippen molar-refractivity contribution < 1.29 is 18.0 Å². The van der Waals surface area contributed by atoms with Gasteiger partial charge in [-0.25, -0.2) is 0 Å². The lowest BCUT2D eigenvalue weighted by molar-refractivity contribution is -0.138. The molecule has 0 aliphatic carbocycles. The number of hydrogen-bond donors (Lipinski definition) is 3. The Morgan fingerprint density at radius 2 is 1.85 bits per heavy atom. The molecule has 0 saturated heterocycles. The first-order chi connectivity index (χ1) is 12.6. The van der Waals surface area contributed by atoms with Crippen molar-refractivity contribution in [2.75, 3.05) is 5.32 Å². The van der Waals surface area contributed by atoms with Crippen molar-refractivity contribution in [1.82, 2.24) is 15.4 Å². The lowest BCUT2D eigenvalue weighted by Gasteiger charge is -2.15. The molecule has 0 unspecified atom stereocenters. The van der Waals surface area contributed by atoms with E-state index in [2.05, 4.69) is 16.2 Å². The minimum atomic E-state index is -4.61. The van der Waals surface area contributed by atoms with Crippen LogP contribution in [-0.2, 0) is 17.5 Å². The van der Waals surface area contributed by atoms with E-state index in [1.54, 1.807) is 6.07 Å². The molecule has 27 heavy (non-hydrogen) atoms. The molecule has 10 heteroatoms. The highest BCUT2D eigenvalue weighted by molar-refractivity contribution is 7.80. The van der Waals surface area contributed by atoms with Crippen LogP contribution >= 0.6 is 12.2 Å². The Morgan fingerprint density at radius 1 is 1.15 bits per heavy atom. The third kappa shape index (κ3) is 5.55. The summed E-state index contributed by atoms with van der Waals surface area (Å²) in [6.45, 7) is 3.24. The average Bonchev–Trinajstić information content (AvgIpc) is 2.58. The molecule has 1 aromatic carbocycles. The summed E-state index contributed by atoms with van der Waals surface area (Å²) in [6.07, 6.45) is -4.02. The Labute approximate surface area is 158 Å². The van der Waals surface area contributed by atoms with Crippen molar-refractivity contribution in [1.29, 1.82) is 0 Å². The first kappa shape index (κ1) is 20.4. The molecule has 2 aromatic rings. The number of hydrogen-bond acceptors (Lipinski definition) is 3. The van der Waals surface area contributed by atoms with Crippen molar-refractivity contribution in [3.05, 3.63) is 63.6 Å². The van der Waals surface area contributed by atoms with Gasteiger partial charge in [-0.05, 0) is 49.3 Å². The van der Waals surface area contributed by atoms with Crippen LogP contribution in [0, 0.1) is 13.8 Å². The number of thiocarbonyl (C=S) groups is 1. The number of pyridine rings is 1. The number of carbonyl (C=O) groups is 1. The Kier molecular flexibility index (Phi) is 6.21. The fourth-order valence-electron chi connectivity index (χ4n) is 2.18. The Hall–Kier alpha value is -2.88. The highest BCUT2D eigenvalue weighted by Gasteiger charge is 2.31. The number of aromatic nitrogens is 1. The van der Waals surface area contributed by atoms with Gasteiger partial charge in [0.15, 0.2) is 5.11 Å². The van der Waals surface area contributed by atoms with Crippen molar-refractivity contribution in [3.63, 3.8) is 0 Å². The summed E-state index contributed by atoms with van der Waals surface area (Å²) >= 11 is 5.06. The minimum Gasteiger partial charge on any atom is -0.331 e. The van der Waals surface area contributed by atoms with Crippen LogP contribution in [0.3, 0.4) is 0 Å². The molecule has 0 atom stereocenters. The van der Waals surface area contributed by atoms with Gasteiger partial charge in [-0.15, -0.1) is 0 Å². The van der Waals surface area contributed by atoms with E-state index >= 15 is 0 Å². The van der Waals surface area contributed by atoms with E-state index in [9.17, 15) is 22.8 Å². The topological polar surface area (TPSA) is 75.2 Å². The monoisotopic (exact) mass is 398 g/mol. The first-order valence-electron chi connectivity index (χ1n) is 7.77. The van der Waals surface area contributed by atoms with Crippen LogP contribution in [0.1, 0.15) is 16.7 Å². The zero-order valence-electron chi connectivity index (χ0n) is 14.5. The number of alkyl halides is 3. The van der Waals surface area contributed by atoms with Crippen molar-refractivity contribution >= 4 is 28.9 Å². The highest BCUT2D eigenvalue weighted by atomic mass is 32.1.